The Labute approximate surface area is 45.2 Å². The Bertz CT molecular complexity index is 111. The van der Waals surface area contributed by atoms with Gasteiger partial charge in [-0.25, -0.2) is 15.0 Å². The van der Waals surface area contributed by atoms with Crippen LogP contribution in [0.2, 0.25) is 0 Å². The molecule has 0 unspecified atom stereocenters. The van der Waals surface area contributed by atoms with Gasteiger partial charge in [-0.3, -0.25) is 5.32 Å². The quantitative estimate of drug-likeness (QED) is 0.330. The van der Waals surface area contributed by atoms with E-state index in [-0.39, 0.29) is 0 Å². The normalized spacial score (nSPS) is 7.62. The lowest BCUT2D eigenvalue weighted by Gasteiger charge is -1.92. The highest BCUT2D eigenvalue weighted by Crippen LogP contribution is 1.56. The van der Waals surface area contributed by atoms with Crippen LogP contribution in [0, 0.1) is 0 Å². The number of urea groups is 2. The van der Waals surface area contributed by atoms with E-state index in [9.17, 15) is 9.59 Å². The maximum Gasteiger partial charge on any atom is 0.339 e. The van der Waals surface area contributed by atoms with Crippen LogP contribution in [-0.4, -0.2) is 12.1 Å². The van der Waals surface area contributed by atoms with Gasteiger partial charge < -0.3 is 5.73 Å². The number of hydrogen-bond donors (Lipinski definition) is 3. The van der Waals surface area contributed by atoms with Gasteiger partial charge in [0.25, 0.3) is 0 Å². The lowest BCUT2D eigenvalue weighted by Crippen LogP contribution is -2.41. The Balaban J connectivity index is 3.40. The Morgan fingerprint density at radius 2 is 2.00 bits per heavy atom. The molecule has 0 bridgehead atoms. The van der Waals surface area contributed by atoms with Crippen LogP contribution in [0.15, 0.2) is 0 Å². The minimum absolute atomic E-state index is 1.02. The van der Waals surface area contributed by atoms with E-state index in [1.165, 1.54) is 5.32 Å². The highest BCUT2D eigenvalue weighted by Gasteiger charge is 1.97. The van der Waals surface area contributed by atoms with Crippen LogP contribution in [0.5, 0.6) is 0 Å². The van der Waals surface area contributed by atoms with Crippen molar-refractivity contribution >= 4 is 12.1 Å². The number of carbonyl (C=O) groups is 2. The van der Waals surface area contributed by atoms with Crippen molar-refractivity contribution in [2.24, 2.45) is 5.73 Å². The standard InChI is InChI=1S/C2H4N4O2/c3-1(7)5-2(8)6-4/h(H4,3,5,6,7,8). The van der Waals surface area contributed by atoms with Gasteiger partial charge in [0.2, 0.25) is 0 Å². The van der Waals surface area contributed by atoms with Crippen molar-refractivity contribution in [1.82, 2.24) is 16.6 Å². The number of nitrogens with one attached hydrogen (secondary N) is 2. The van der Waals surface area contributed by atoms with E-state index in [0.717, 1.165) is 5.43 Å². The van der Waals surface area contributed by atoms with Crippen molar-refractivity contribution in [3.63, 3.8) is 0 Å². The monoisotopic (exact) mass is 116 g/mol. The molecule has 0 heterocycles. The fourth-order valence-corrected chi connectivity index (χ4v) is 0.140. The molecule has 44 valence electrons. The molecule has 0 aromatic rings. The first-order valence-corrected chi connectivity index (χ1v) is 1.67. The number of nitrogens with zero attached hydrogens (tertiary/aromatic N) is 1. The van der Waals surface area contributed by atoms with Crippen molar-refractivity contribution < 1.29 is 9.59 Å². The average Bonchev–Trinajstić information content (AvgIpc) is 1.65. The third kappa shape index (κ3) is 2.91. The number of carbonyl (C=O) groups excluding carboxylic acids is 2. The number of primary amides is 1. The summed E-state index contributed by atoms with van der Waals surface area (Å²) in [7, 11) is 0. The number of nitrogens with two attached hydrogens (primary N) is 1. The molecule has 8 heavy (non-hydrogen) atoms. The molecule has 0 aliphatic carbocycles. The van der Waals surface area contributed by atoms with Crippen LogP contribution in [0.25, 0.3) is 0 Å². The van der Waals surface area contributed by atoms with Gasteiger partial charge in [0.15, 0.2) is 0 Å². The first-order chi connectivity index (χ1) is 3.66. The van der Waals surface area contributed by atoms with Gasteiger partial charge in [-0.05, 0) is 5.84 Å². The maximum atomic E-state index is 9.85. The molecule has 6 heteroatoms. The number of imide groups is 1. The summed E-state index contributed by atoms with van der Waals surface area (Å²) in [5.41, 5.74) is 5.59. The first-order valence-electron chi connectivity index (χ1n) is 1.67. The van der Waals surface area contributed by atoms with E-state index in [2.05, 4.69) is 5.73 Å². The fraction of sp³-hybridized carbons (Fsp3) is 0. The molecule has 0 aliphatic heterocycles. The van der Waals surface area contributed by atoms with Gasteiger partial charge in [-0.15, -0.1) is 0 Å². The molecule has 0 saturated heterocycles. The molecular weight excluding hydrogens is 112 g/mol. The highest BCUT2D eigenvalue weighted by atomic mass is 16.2. The van der Waals surface area contributed by atoms with E-state index in [4.69, 9.17) is 5.84 Å². The summed E-state index contributed by atoms with van der Waals surface area (Å²) in [6.45, 7) is 0. The highest BCUT2D eigenvalue weighted by molar-refractivity contribution is 5.92. The zero-order chi connectivity index (χ0) is 6.57. The molecule has 6 nitrogen and oxygen atoms in total. The Kier molecular flexibility index (Phi) is 2.35. The van der Waals surface area contributed by atoms with Crippen LogP contribution < -0.4 is 22.3 Å². The second-order valence-electron chi connectivity index (χ2n) is 0.930. The van der Waals surface area contributed by atoms with Crippen molar-refractivity contribution in [2.45, 2.75) is 0 Å². The summed E-state index contributed by atoms with van der Waals surface area (Å²) in [6.07, 6.45) is 0. The maximum absolute atomic E-state index is 9.85. The van der Waals surface area contributed by atoms with Crippen molar-refractivity contribution in [3.05, 3.63) is 0 Å². The minimum Gasteiger partial charge on any atom is -0.351 e. The first kappa shape index (κ1) is 6.70. The molecule has 0 aromatic heterocycles. The molecule has 0 saturated carbocycles. The number of hydrogen-bond acceptors (Lipinski definition) is 2. The summed E-state index contributed by atoms with van der Waals surface area (Å²) in [4.78, 5) is 19.6. The van der Waals surface area contributed by atoms with Crippen molar-refractivity contribution in [1.29, 1.82) is 0 Å². The second-order valence-corrected chi connectivity index (χ2v) is 0.930. The van der Waals surface area contributed by atoms with Crippen LogP contribution in [0.4, 0.5) is 9.59 Å². The lowest BCUT2D eigenvalue weighted by molar-refractivity contribution is 0.231. The molecule has 0 fully saturated rings. The minimum atomic E-state index is -1.04. The van der Waals surface area contributed by atoms with Crippen LogP contribution in [0.1, 0.15) is 0 Å². The van der Waals surface area contributed by atoms with Crippen molar-refractivity contribution in [3.8, 4) is 0 Å². The fourth-order valence-electron chi connectivity index (χ4n) is 0.140. The van der Waals surface area contributed by atoms with Gasteiger partial charge >= 0.3 is 12.1 Å². The lowest BCUT2D eigenvalue weighted by atomic mass is 10.9. The molecule has 0 aromatic carbocycles. The predicted molar refractivity (Wildman–Crippen MR) is 23.4 cm³/mol. The van der Waals surface area contributed by atoms with Crippen molar-refractivity contribution in [2.75, 3.05) is 0 Å². The van der Waals surface area contributed by atoms with Gasteiger partial charge in [0.05, 0.1) is 0 Å². The molecule has 0 aliphatic rings. The van der Waals surface area contributed by atoms with Gasteiger partial charge in [-0.1, -0.05) is 0 Å². The number of amides is 4. The molecule has 0 spiro atoms. The Morgan fingerprint density at radius 3 is 2.12 bits per heavy atom. The summed E-state index contributed by atoms with van der Waals surface area (Å²) < 4.78 is 0. The smallest absolute Gasteiger partial charge is 0.339 e. The molecule has 4 amide bonds. The summed E-state index contributed by atoms with van der Waals surface area (Å²) in [5.74, 6) is 7.71. The second kappa shape index (κ2) is 2.80. The molecule has 2 radical (unpaired) electrons. The van der Waals surface area contributed by atoms with Gasteiger partial charge in [-0.2, -0.15) is 0 Å². The topological polar surface area (TPSA) is 107 Å². The molecular formula is C2H4N4O2. The Morgan fingerprint density at radius 1 is 1.50 bits per heavy atom. The summed E-state index contributed by atoms with van der Waals surface area (Å²) >= 11 is 0. The predicted octanol–water partition coefficient (Wildman–Crippen LogP) is -1.65. The van der Waals surface area contributed by atoms with Crippen LogP contribution in [-0.2, 0) is 0 Å². The van der Waals surface area contributed by atoms with Gasteiger partial charge in [0.1, 0.15) is 0 Å². The average molecular weight is 116 g/mol. The van der Waals surface area contributed by atoms with Gasteiger partial charge in [0, 0.05) is 0 Å². The zero-order valence-corrected chi connectivity index (χ0v) is 3.84. The van der Waals surface area contributed by atoms with E-state index in [1.54, 1.807) is 0 Å². The summed E-state index contributed by atoms with van der Waals surface area (Å²) in [5, 5.41) is 1.53. The zero-order valence-electron chi connectivity index (χ0n) is 3.84. The Hall–Kier alpha value is -1.30. The molecule has 4 N–H and O–H groups in total. The molecule has 0 rings (SSSR count). The molecule has 0 atom stereocenters. The van der Waals surface area contributed by atoms with E-state index in [1.807, 2.05) is 0 Å². The number of rotatable bonds is 0. The largest absolute Gasteiger partial charge is 0.351 e. The van der Waals surface area contributed by atoms with Crippen LogP contribution in [0.3, 0.4) is 0 Å². The summed E-state index contributed by atoms with van der Waals surface area (Å²) in [6, 6.07) is -2.06. The van der Waals surface area contributed by atoms with E-state index < -0.39 is 12.1 Å². The van der Waals surface area contributed by atoms with E-state index >= 15 is 0 Å². The SMILES string of the molecule is [N]NC(=O)NC(N)=O. The van der Waals surface area contributed by atoms with E-state index in [0.29, 0.717) is 0 Å². The van der Waals surface area contributed by atoms with Crippen LogP contribution >= 0.6 is 0 Å². The third-order valence-corrected chi connectivity index (χ3v) is 0.338. The third-order valence-electron chi connectivity index (χ3n) is 0.338.